The van der Waals surface area contributed by atoms with Crippen LogP contribution in [0.3, 0.4) is 0 Å². The van der Waals surface area contributed by atoms with Crippen LogP contribution in [0.5, 0.6) is 0 Å². The van der Waals surface area contributed by atoms with E-state index in [0.29, 0.717) is 17.7 Å². The molecule has 1 aliphatic carbocycles. The van der Waals surface area contributed by atoms with E-state index in [-0.39, 0.29) is 0 Å². The molecule has 1 aromatic carbocycles. The summed E-state index contributed by atoms with van der Waals surface area (Å²) in [4.78, 5) is 14.2. The number of amides is 1. The highest BCUT2D eigenvalue weighted by Gasteiger charge is 2.35. The van der Waals surface area contributed by atoms with Crippen molar-refractivity contribution in [3.05, 3.63) is 42.5 Å². The standard InChI is InChI=1S/C18H22N4O/c23-18(15-6-7-15)21-10-8-14(9-11-21)12-17-20-19-13-22(17)16-4-2-1-3-5-16/h1-5,13-15H,6-12H2. The van der Waals surface area contributed by atoms with E-state index in [1.54, 1.807) is 6.33 Å². The molecule has 1 amide bonds. The number of aromatic nitrogens is 3. The smallest absolute Gasteiger partial charge is 0.225 e. The lowest BCUT2D eigenvalue weighted by Gasteiger charge is -2.32. The number of piperidine rings is 1. The molecule has 120 valence electrons. The van der Waals surface area contributed by atoms with Gasteiger partial charge in [0.1, 0.15) is 12.2 Å². The van der Waals surface area contributed by atoms with Crippen LogP contribution in [0.1, 0.15) is 31.5 Å². The molecule has 23 heavy (non-hydrogen) atoms. The van der Waals surface area contributed by atoms with E-state index in [1.165, 1.54) is 0 Å². The molecule has 2 fully saturated rings. The zero-order valence-corrected chi connectivity index (χ0v) is 13.3. The summed E-state index contributed by atoms with van der Waals surface area (Å²) >= 11 is 0. The van der Waals surface area contributed by atoms with Gasteiger partial charge in [0.2, 0.25) is 5.91 Å². The second kappa shape index (κ2) is 6.14. The van der Waals surface area contributed by atoms with Crippen LogP contribution in [0.4, 0.5) is 0 Å². The molecule has 2 aliphatic rings. The van der Waals surface area contributed by atoms with Gasteiger partial charge in [-0.3, -0.25) is 9.36 Å². The fourth-order valence-electron chi connectivity index (χ4n) is 3.41. The second-order valence-electron chi connectivity index (χ2n) is 6.70. The first-order chi connectivity index (χ1) is 11.3. The minimum Gasteiger partial charge on any atom is -0.342 e. The van der Waals surface area contributed by atoms with Gasteiger partial charge in [0.15, 0.2) is 0 Å². The van der Waals surface area contributed by atoms with Gasteiger partial charge in [-0.25, -0.2) is 0 Å². The molecule has 2 heterocycles. The van der Waals surface area contributed by atoms with Crippen LogP contribution in [0.2, 0.25) is 0 Å². The molecule has 5 heteroatoms. The predicted octanol–water partition coefficient (Wildman–Crippen LogP) is 2.46. The van der Waals surface area contributed by atoms with Gasteiger partial charge in [-0.1, -0.05) is 18.2 Å². The maximum Gasteiger partial charge on any atom is 0.225 e. The molecule has 1 saturated heterocycles. The number of para-hydroxylation sites is 1. The van der Waals surface area contributed by atoms with Gasteiger partial charge in [0.05, 0.1) is 0 Å². The van der Waals surface area contributed by atoms with Gasteiger partial charge in [-0.05, 0) is 43.7 Å². The SMILES string of the molecule is O=C(C1CC1)N1CCC(Cc2nncn2-c2ccccc2)CC1. The van der Waals surface area contributed by atoms with E-state index in [4.69, 9.17) is 0 Å². The Morgan fingerprint density at radius 3 is 2.52 bits per heavy atom. The molecule has 0 radical (unpaired) electrons. The first kappa shape index (κ1) is 14.4. The number of rotatable bonds is 4. The topological polar surface area (TPSA) is 51.0 Å². The van der Waals surface area contributed by atoms with Crippen LogP contribution >= 0.6 is 0 Å². The Kier molecular flexibility index (Phi) is 3.85. The summed E-state index contributed by atoms with van der Waals surface area (Å²) in [5.74, 6) is 2.33. The summed E-state index contributed by atoms with van der Waals surface area (Å²) in [5, 5.41) is 8.40. The predicted molar refractivity (Wildman–Crippen MR) is 87.1 cm³/mol. The molecule has 0 unspecified atom stereocenters. The maximum absolute atomic E-state index is 12.1. The lowest BCUT2D eigenvalue weighted by Crippen LogP contribution is -2.39. The molecule has 0 spiro atoms. The van der Waals surface area contributed by atoms with Crippen LogP contribution in [0.15, 0.2) is 36.7 Å². The maximum atomic E-state index is 12.1. The zero-order valence-electron chi connectivity index (χ0n) is 13.3. The number of likely N-dealkylation sites (tertiary alicyclic amines) is 1. The summed E-state index contributed by atoms with van der Waals surface area (Å²) in [5.41, 5.74) is 1.11. The van der Waals surface area contributed by atoms with Crippen LogP contribution < -0.4 is 0 Å². The molecule has 1 saturated carbocycles. The van der Waals surface area contributed by atoms with E-state index in [9.17, 15) is 4.79 Å². The molecule has 2 aromatic rings. The number of benzene rings is 1. The highest BCUT2D eigenvalue weighted by Crippen LogP contribution is 2.32. The summed E-state index contributed by atoms with van der Waals surface area (Å²) in [6.07, 6.45) is 7.05. The van der Waals surface area contributed by atoms with E-state index in [2.05, 4.69) is 31.8 Å². The summed E-state index contributed by atoms with van der Waals surface area (Å²) in [6.45, 7) is 1.80. The van der Waals surface area contributed by atoms with Gasteiger partial charge >= 0.3 is 0 Å². The first-order valence-electron chi connectivity index (χ1n) is 8.54. The molecule has 0 atom stereocenters. The average Bonchev–Trinajstić information content (AvgIpc) is 3.35. The van der Waals surface area contributed by atoms with Crippen molar-refractivity contribution in [3.63, 3.8) is 0 Å². The van der Waals surface area contributed by atoms with Crippen molar-refractivity contribution in [3.8, 4) is 5.69 Å². The number of hydrogen-bond acceptors (Lipinski definition) is 3. The zero-order chi connectivity index (χ0) is 15.6. The third-order valence-corrected chi connectivity index (χ3v) is 4.98. The van der Waals surface area contributed by atoms with Crippen molar-refractivity contribution in [2.45, 2.75) is 32.1 Å². The minimum atomic E-state index is 0.340. The Labute approximate surface area is 136 Å². The average molecular weight is 310 g/mol. The normalized spacial score (nSPS) is 19.0. The van der Waals surface area contributed by atoms with E-state index < -0.39 is 0 Å². The molecular weight excluding hydrogens is 288 g/mol. The van der Waals surface area contributed by atoms with Crippen LogP contribution in [0, 0.1) is 11.8 Å². The van der Waals surface area contributed by atoms with Crippen molar-refractivity contribution in [1.29, 1.82) is 0 Å². The third-order valence-electron chi connectivity index (χ3n) is 4.98. The van der Waals surface area contributed by atoms with Gasteiger partial charge < -0.3 is 4.90 Å². The van der Waals surface area contributed by atoms with Crippen LogP contribution in [-0.2, 0) is 11.2 Å². The highest BCUT2D eigenvalue weighted by molar-refractivity contribution is 5.81. The van der Waals surface area contributed by atoms with Crippen LogP contribution in [-0.4, -0.2) is 38.7 Å². The fraction of sp³-hybridized carbons (Fsp3) is 0.500. The van der Waals surface area contributed by atoms with E-state index >= 15 is 0 Å². The largest absolute Gasteiger partial charge is 0.342 e. The van der Waals surface area contributed by atoms with Gasteiger partial charge in [0, 0.05) is 31.1 Å². The number of carbonyl (C=O) groups is 1. The summed E-state index contributed by atoms with van der Waals surface area (Å²) in [7, 11) is 0. The molecule has 5 nitrogen and oxygen atoms in total. The second-order valence-corrected chi connectivity index (χ2v) is 6.70. The quantitative estimate of drug-likeness (QED) is 0.871. The Balaban J connectivity index is 1.38. The number of nitrogens with zero attached hydrogens (tertiary/aromatic N) is 4. The van der Waals surface area contributed by atoms with Gasteiger partial charge in [-0.2, -0.15) is 0 Å². The molecule has 1 aromatic heterocycles. The highest BCUT2D eigenvalue weighted by atomic mass is 16.2. The summed E-state index contributed by atoms with van der Waals surface area (Å²) in [6, 6.07) is 10.2. The minimum absolute atomic E-state index is 0.340. The third kappa shape index (κ3) is 3.14. The number of hydrogen-bond donors (Lipinski definition) is 0. The monoisotopic (exact) mass is 310 g/mol. The van der Waals surface area contributed by atoms with E-state index in [1.807, 2.05) is 18.2 Å². The molecule has 0 N–H and O–H groups in total. The Morgan fingerprint density at radius 1 is 1.09 bits per heavy atom. The van der Waals surface area contributed by atoms with Crippen LogP contribution in [0.25, 0.3) is 5.69 Å². The van der Waals surface area contributed by atoms with Crippen molar-refractivity contribution >= 4 is 5.91 Å². The first-order valence-corrected chi connectivity index (χ1v) is 8.54. The van der Waals surface area contributed by atoms with E-state index in [0.717, 1.165) is 56.7 Å². The molecule has 4 rings (SSSR count). The van der Waals surface area contributed by atoms with Crippen molar-refractivity contribution in [2.24, 2.45) is 11.8 Å². The van der Waals surface area contributed by atoms with Gasteiger partial charge in [-0.15, -0.1) is 10.2 Å². The van der Waals surface area contributed by atoms with Crippen molar-refractivity contribution < 1.29 is 4.79 Å². The Hall–Kier alpha value is -2.17. The van der Waals surface area contributed by atoms with Gasteiger partial charge in [0.25, 0.3) is 0 Å². The van der Waals surface area contributed by atoms with Crippen molar-refractivity contribution in [1.82, 2.24) is 19.7 Å². The fourth-order valence-corrected chi connectivity index (χ4v) is 3.41. The van der Waals surface area contributed by atoms with Crippen molar-refractivity contribution in [2.75, 3.05) is 13.1 Å². The lowest BCUT2D eigenvalue weighted by molar-refractivity contribution is -0.133. The number of carbonyl (C=O) groups excluding carboxylic acids is 1. The lowest BCUT2D eigenvalue weighted by atomic mass is 9.93. The molecular formula is C18H22N4O. The Morgan fingerprint density at radius 2 is 1.83 bits per heavy atom. The summed E-state index contributed by atoms with van der Waals surface area (Å²) < 4.78 is 2.07. The Bertz CT molecular complexity index is 669. The molecule has 0 bridgehead atoms. The molecule has 1 aliphatic heterocycles.